The molecule has 0 atom stereocenters. The highest BCUT2D eigenvalue weighted by molar-refractivity contribution is 6.27. The number of nitrogens with one attached hydrogen (secondary N) is 1. The maximum Gasteiger partial charge on any atom is 0.414 e. The predicted molar refractivity (Wildman–Crippen MR) is 130 cm³/mol. The lowest BCUT2D eigenvalue weighted by Crippen LogP contribution is -2.38. The number of anilines is 1. The van der Waals surface area contributed by atoms with Crippen LogP contribution in [0, 0.1) is 10.1 Å². The molecule has 0 bridgehead atoms. The maximum absolute atomic E-state index is 12.0. The Morgan fingerprint density at radius 3 is 2.19 bits per heavy atom. The van der Waals surface area contributed by atoms with Gasteiger partial charge in [0.25, 0.3) is 11.2 Å². The molecule has 2 rings (SSSR count). The summed E-state index contributed by atoms with van der Waals surface area (Å²) >= 11 is 0. The zero-order chi connectivity index (χ0) is 27.3. The number of hydrogen-bond acceptors (Lipinski definition) is 9. The second-order valence-electron chi connectivity index (χ2n) is 7.67. The Kier molecular flexibility index (Phi) is 12.5. The number of nitrogens with zero attached hydrogens (tertiary/aromatic N) is 4. The van der Waals surface area contributed by atoms with E-state index in [1.165, 1.54) is 29.8 Å². The summed E-state index contributed by atoms with van der Waals surface area (Å²) < 4.78 is 7.66. The number of ether oxygens (including phenoxy) is 1. The van der Waals surface area contributed by atoms with E-state index >= 15 is 0 Å². The van der Waals surface area contributed by atoms with Gasteiger partial charge < -0.3 is 20.3 Å². The van der Waals surface area contributed by atoms with E-state index in [2.05, 4.69) is 10.2 Å². The van der Waals surface area contributed by atoms with Crippen molar-refractivity contribution < 1.29 is 29.5 Å². The molecule has 0 unspecified atom stereocenters. The van der Waals surface area contributed by atoms with Crippen molar-refractivity contribution >= 4 is 23.4 Å². The highest BCUT2D eigenvalue weighted by Crippen LogP contribution is 2.13. The molecule has 0 amide bonds. The molecule has 0 saturated carbocycles. The number of carboxylic acid groups (broad SMARTS) is 2. The lowest BCUT2D eigenvalue weighted by Gasteiger charge is -2.22. The summed E-state index contributed by atoms with van der Waals surface area (Å²) in [5.74, 6) is -3.16. The molecule has 0 spiro atoms. The third-order valence-electron chi connectivity index (χ3n) is 5.14. The standard InChI is InChI=1S/C20H29N5O5.C2H2O4/c1-22-18(15-19(26)23(2)20(22)27)21-10-12-24(13-14-30-3)11-4-5-16-6-8-17(9-7-16)25(28)29;3-1(4)2(5)6/h6-9,15,21H,4-5,10-14H2,1-3H3;(H,3,4)(H,5,6). The van der Waals surface area contributed by atoms with Crippen LogP contribution >= 0.6 is 0 Å². The highest BCUT2D eigenvalue weighted by atomic mass is 16.6. The SMILES string of the molecule is COCCN(CCCc1ccc([N+](=O)[O-])cc1)CCNc1cc(=O)n(C)c(=O)n1C.O=C(O)C(=O)O. The number of non-ortho nitro benzene ring substituents is 1. The minimum Gasteiger partial charge on any atom is -0.473 e. The monoisotopic (exact) mass is 509 g/mol. The Hall–Kier alpha value is -4.04. The summed E-state index contributed by atoms with van der Waals surface area (Å²) in [6.45, 7) is 3.47. The van der Waals surface area contributed by atoms with Gasteiger partial charge in [-0.05, 0) is 24.9 Å². The molecule has 1 aromatic heterocycles. The molecule has 14 nitrogen and oxygen atoms in total. The van der Waals surface area contributed by atoms with Gasteiger partial charge in [0, 0.05) is 59.0 Å². The first-order chi connectivity index (χ1) is 17.0. The largest absolute Gasteiger partial charge is 0.473 e. The number of aliphatic carboxylic acids is 2. The number of nitro groups is 1. The van der Waals surface area contributed by atoms with E-state index in [1.807, 2.05) is 0 Å². The summed E-state index contributed by atoms with van der Waals surface area (Å²) in [5, 5.41) is 28.7. The molecule has 3 N–H and O–H groups in total. The molecule has 2 aromatic rings. The normalized spacial score (nSPS) is 10.4. The Morgan fingerprint density at radius 2 is 1.67 bits per heavy atom. The molecule has 1 heterocycles. The molecular formula is C22H31N5O9. The molecule has 0 aliphatic carbocycles. The first-order valence-corrected chi connectivity index (χ1v) is 10.9. The van der Waals surface area contributed by atoms with Crippen LogP contribution in [-0.4, -0.2) is 81.0 Å². The smallest absolute Gasteiger partial charge is 0.414 e. The zero-order valence-corrected chi connectivity index (χ0v) is 20.4. The summed E-state index contributed by atoms with van der Waals surface area (Å²) in [5.41, 5.74) is 0.432. The number of aryl methyl sites for hydroxylation is 1. The van der Waals surface area contributed by atoms with Gasteiger partial charge in [0.05, 0.1) is 11.5 Å². The number of rotatable bonds is 12. The zero-order valence-electron chi connectivity index (χ0n) is 20.4. The van der Waals surface area contributed by atoms with E-state index in [9.17, 15) is 19.7 Å². The number of carboxylic acids is 2. The molecule has 0 saturated heterocycles. The van der Waals surface area contributed by atoms with Gasteiger partial charge in [-0.1, -0.05) is 12.1 Å². The molecule has 36 heavy (non-hydrogen) atoms. The van der Waals surface area contributed by atoms with Crippen LogP contribution in [0.1, 0.15) is 12.0 Å². The fraction of sp³-hybridized carbons (Fsp3) is 0.455. The molecule has 0 aliphatic rings. The van der Waals surface area contributed by atoms with Crippen molar-refractivity contribution in [3.8, 4) is 0 Å². The van der Waals surface area contributed by atoms with Crippen molar-refractivity contribution in [3.05, 3.63) is 66.8 Å². The number of aromatic nitrogens is 2. The van der Waals surface area contributed by atoms with E-state index < -0.39 is 16.9 Å². The van der Waals surface area contributed by atoms with Crippen LogP contribution in [0.5, 0.6) is 0 Å². The van der Waals surface area contributed by atoms with Crippen LogP contribution < -0.4 is 16.6 Å². The minimum absolute atomic E-state index is 0.0942. The van der Waals surface area contributed by atoms with Gasteiger partial charge in [0.1, 0.15) is 5.82 Å². The average Bonchev–Trinajstić information content (AvgIpc) is 2.84. The van der Waals surface area contributed by atoms with Gasteiger partial charge in [0.15, 0.2) is 0 Å². The second kappa shape index (κ2) is 15.1. The molecule has 0 fully saturated rings. The molecule has 0 aliphatic heterocycles. The number of benzene rings is 1. The van der Waals surface area contributed by atoms with Crippen LogP contribution in [0.2, 0.25) is 0 Å². The second-order valence-corrected chi connectivity index (χ2v) is 7.67. The topological polar surface area (TPSA) is 186 Å². The maximum atomic E-state index is 12.0. The molecule has 198 valence electrons. The van der Waals surface area contributed by atoms with Crippen LogP contribution in [0.15, 0.2) is 39.9 Å². The van der Waals surface area contributed by atoms with Crippen molar-refractivity contribution in [1.29, 1.82) is 0 Å². The summed E-state index contributed by atoms with van der Waals surface area (Å²) in [7, 11) is 4.73. The van der Waals surface area contributed by atoms with E-state index in [0.717, 1.165) is 36.1 Å². The summed E-state index contributed by atoms with van der Waals surface area (Å²) in [6, 6.07) is 8.04. The van der Waals surface area contributed by atoms with E-state index in [-0.39, 0.29) is 16.9 Å². The molecule has 1 aromatic carbocycles. The first kappa shape index (κ1) is 30.0. The van der Waals surface area contributed by atoms with Crippen LogP contribution in [0.25, 0.3) is 0 Å². The van der Waals surface area contributed by atoms with Crippen molar-refractivity contribution in [1.82, 2.24) is 14.0 Å². The molecule has 0 radical (unpaired) electrons. The van der Waals surface area contributed by atoms with Crippen molar-refractivity contribution in [2.24, 2.45) is 14.1 Å². The van der Waals surface area contributed by atoms with Crippen molar-refractivity contribution in [3.63, 3.8) is 0 Å². The lowest BCUT2D eigenvalue weighted by molar-refractivity contribution is -0.384. The fourth-order valence-electron chi connectivity index (χ4n) is 3.09. The van der Waals surface area contributed by atoms with Gasteiger partial charge in [-0.15, -0.1) is 0 Å². The molecular weight excluding hydrogens is 478 g/mol. The first-order valence-electron chi connectivity index (χ1n) is 10.9. The third kappa shape index (κ3) is 10.1. The number of hydrogen-bond donors (Lipinski definition) is 3. The minimum atomic E-state index is -1.82. The van der Waals surface area contributed by atoms with Crippen molar-refractivity contribution in [2.75, 3.05) is 45.2 Å². The summed E-state index contributed by atoms with van der Waals surface area (Å²) in [6.07, 6.45) is 1.71. The van der Waals surface area contributed by atoms with Gasteiger partial charge >= 0.3 is 17.6 Å². The Labute approximate surface area is 206 Å². The third-order valence-corrected chi connectivity index (χ3v) is 5.14. The Bertz CT molecular complexity index is 1130. The molecule has 14 heteroatoms. The average molecular weight is 510 g/mol. The highest BCUT2D eigenvalue weighted by Gasteiger charge is 2.09. The van der Waals surface area contributed by atoms with Gasteiger partial charge in [0.2, 0.25) is 0 Å². The van der Waals surface area contributed by atoms with Crippen molar-refractivity contribution in [2.45, 2.75) is 12.8 Å². The van der Waals surface area contributed by atoms with Gasteiger partial charge in [-0.25, -0.2) is 14.4 Å². The van der Waals surface area contributed by atoms with Gasteiger partial charge in [-0.3, -0.25) is 28.9 Å². The predicted octanol–water partition coefficient (Wildman–Crippen LogP) is 0.141. The number of carbonyl (C=O) groups is 2. The lowest BCUT2D eigenvalue weighted by atomic mass is 10.1. The van der Waals surface area contributed by atoms with Crippen LogP contribution in [0.3, 0.4) is 0 Å². The van der Waals surface area contributed by atoms with Crippen LogP contribution in [-0.2, 0) is 34.8 Å². The number of methoxy groups -OCH3 is 1. The van der Waals surface area contributed by atoms with E-state index in [1.54, 1.807) is 26.3 Å². The quantitative estimate of drug-likeness (QED) is 0.201. The summed E-state index contributed by atoms with van der Waals surface area (Å²) in [4.78, 5) is 54.6. The van der Waals surface area contributed by atoms with Crippen LogP contribution in [0.4, 0.5) is 11.5 Å². The Balaban J connectivity index is 0.000000960. The number of nitro benzene ring substituents is 1. The van der Waals surface area contributed by atoms with E-state index in [0.29, 0.717) is 25.5 Å². The van der Waals surface area contributed by atoms with Gasteiger partial charge in [-0.2, -0.15) is 0 Å². The fourth-order valence-corrected chi connectivity index (χ4v) is 3.09. The Morgan fingerprint density at radius 1 is 1.06 bits per heavy atom. The van der Waals surface area contributed by atoms with E-state index in [4.69, 9.17) is 24.5 Å².